The maximum atomic E-state index is 14.9. The molecule has 0 radical (unpaired) electrons. The van der Waals surface area contributed by atoms with E-state index in [0.29, 0.717) is 51.6 Å². The van der Waals surface area contributed by atoms with Crippen LogP contribution in [0.25, 0.3) is 0 Å². The zero-order chi connectivity index (χ0) is 98.7. The molecule has 1 saturated carbocycles. The summed E-state index contributed by atoms with van der Waals surface area (Å²) in [4.78, 5) is 149. The van der Waals surface area contributed by atoms with Crippen LogP contribution in [0.3, 0.4) is 0 Å². The molecule has 23 atom stereocenters. The molecule has 5 saturated heterocycles. The van der Waals surface area contributed by atoms with Crippen molar-refractivity contribution >= 4 is 65.0 Å². The summed E-state index contributed by atoms with van der Waals surface area (Å²) in [5.41, 5.74) is 0. The molecule has 0 bridgehead atoms. The van der Waals surface area contributed by atoms with E-state index in [2.05, 4.69) is 63.4 Å². The number of rotatable bonds is 65. The number of aliphatic hydroxyl groups is 13. The van der Waals surface area contributed by atoms with Gasteiger partial charge >= 0.3 is 0 Å². The molecule has 20 unspecified atom stereocenters. The molecule has 52 nitrogen and oxygen atoms in total. The predicted molar refractivity (Wildman–Crippen MR) is 460 cm³/mol. The highest BCUT2D eigenvalue weighted by atomic mass is 16.7. The van der Waals surface area contributed by atoms with E-state index in [9.17, 15) is 119 Å². The zero-order valence-electron chi connectivity index (χ0n) is 77.0. The minimum atomic E-state index is -1.54. The van der Waals surface area contributed by atoms with E-state index in [-0.39, 0.29) is 190 Å². The summed E-state index contributed by atoms with van der Waals surface area (Å²) in [6.07, 6.45) is -21.3. The van der Waals surface area contributed by atoms with Gasteiger partial charge in [-0.3, -0.25) is 52.7 Å². The highest BCUT2D eigenvalue weighted by molar-refractivity contribution is 5.94. The highest BCUT2D eigenvalue weighted by Crippen LogP contribution is 2.31. The molecule has 0 aromatic rings. The number of aliphatic hydroxyl groups excluding tert-OH is 13. The third-order valence-corrected chi connectivity index (χ3v) is 22.7. The Morgan fingerprint density at radius 3 is 0.874 bits per heavy atom. The number of carbonyl (C=O) groups excluding carboxylic acids is 11. The van der Waals surface area contributed by atoms with Crippen LogP contribution in [0.1, 0.15) is 105 Å². The van der Waals surface area contributed by atoms with Gasteiger partial charge in [-0.15, -0.1) is 0 Å². The Kier molecular flexibility index (Phi) is 56.2. The minimum Gasteiger partial charge on any atom is -0.394 e. The van der Waals surface area contributed by atoms with Crippen LogP contribution in [0.2, 0.25) is 0 Å². The number of nitrogens with zero attached hydrogens (tertiary/aromatic N) is 1. The normalized spacial score (nSPS) is 28.5. The Morgan fingerprint density at radius 2 is 0.578 bits per heavy atom. The smallest absolute Gasteiger partial charge is 0.243 e. The van der Waals surface area contributed by atoms with Crippen LogP contribution in [0.15, 0.2) is 0 Å². The van der Waals surface area contributed by atoms with Crippen LogP contribution < -0.4 is 58.5 Å². The molecular formula is C83H146N12O40. The first-order chi connectivity index (χ1) is 64.8. The van der Waals surface area contributed by atoms with Crippen molar-refractivity contribution in [2.75, 3.05) is 198 Å². The van der Waals surface area contributed by atoms with E-state index in [0.717, 1.165) is 0 Å². The molecule has 52 heteroatoms. The van der Waals surface area contributed by atoms with E-state index >= 15 is 0 Å². The van der Waals surface area contributed by atoms with Crippen molar-refractivity contribution in [3.63, 3.8) is 0 Å². The lowest BCUT2D eigenvalue weighted by atomic mass is 9.84. The molecule has 0 aromatic heterocycles. The molecular weight excluding hydrogens is 1800 g/mol. The lowest BCUT2D eigenvalue weighted by molar-refractivity contribution is -0.272. The predicted octanol–water partition coefficient (Wildman–Crippen LogP) is -12.8. The van der Waals surface area contributed by atoms with Crippen LogP contribution in [0.5, 0.6) is 0 Å². The fourth-order valence-corrected chi connectivity index (χ4v) is 15.5. The topological polar surface area (TPSA) is 734 Å². The number of piperidine rings is 1. The summed E-state index contributed by atoms with van der Waals surface area (Å²) in [5.74, 6) is -7.70. The van der Waals surface area contributed by atoms with Crippen LogP contribution in [-0.4, -0.2) is 487 Å². The molecule has 0 spiro atoms. The second-order valence-corrected chi connectivity index (χ2v) is 33.0. The molecule has 6 fully saturated rings. The Morgan fingerprint density at radius 1 is 0.311 bits per heavy atom. The number of likely N-dealkylation sites (tertiary alicyclic amines) is 1. The molecule has 24 N–H and O–H groups in total. The third kappa shape index (κ3) is 42.5. The summed E-state index contributed by atoms with van der Waals surface area (Å²) >= 11 is 0. The lowest BCUT2D eigenvalue weighted by Crippen LogP contribution is -2.64. The van der Waals surface area contributed by atoms with E-state index in [4.69, 9.17) is 75.8 Å². The van der Waals surface area contributed by atoms with Gasteiger partial charge in [0, 0.05) is 98.2 Å². The maximum Gasteiger partial charge on any atom is 0.243 e. The summed E-state index contributed by atoms with van der Waals surface area (Å²) in [7, 11) is 0. The average molecular weight is 1950 g/mol. The summed E-state index contributed by atoms with van der Waals surface area (Å²) in [6.45, 7) is 2.76. The van der Waals surface area contributed by atoms with Gasteiger partial charge in [-0.1, -0.05) is 0 Å². The third-order valence-electron chi connectivity index (χ3n) is 22.7. The van der Waals surface area contributed by atoms with Crippen molar-refractivity contribution in [1.29, 1.82) is 0 Å². The van der Waals surface area contributed by atoms with Crippen molar-refractivity contribution in [1.82, 2.24) is 63.4 Å². The Balaban J connectivity index is 1.08. The van der Waals surface area contributed by atoms with Gasteiger partial charge in [0.15, 0.2) is 25.2 Å². The van der Waals surface area contributed by atoms with Gasteiger partial charge in [0.2, 0.25) is 65.0 Å². The zero-order valence-corrected chi connectivity index (χ0v) is 77.0. The highest BCUT2D eigenvalue weighted by Gasteiger charge is 2.50. The van der Waals surface area contributed by atoms with Gasteiger partial charge in [-0.2, -0.15) is 0 Å². The first-order valence-electron chi connectivity index (χ1n) is 45.9. The SMILES string of the molecule is CC(=O)NC1C(OCCOCCOCCNC(=O)CC[C@@H](NC(=O)CC[C@H](NC(=O)C2CCC(N3CCC(O)CC3)CC2)C(=O)N[C@H](CCC(=O)NCCOCCOCCOC2OC(CO)C(O)C(O)C2NC(C)=O)C(=O)NCCOCCOCCOC2OC(CO)C(O)C(O)C2NC(C)=O)C(=O)NCCOCCOCCOC2OC(CO)C(O)C(O)C2NC(C)=O)OC(CO)C(O)C1O. The standard InChI is InChI=1S/C83H146N12O40/c1-47(100)88-64-72(112)68(108)57(43-96)132-80(64)128-39-35-124-31-27-120-23-17-84-61(105)12-9-54(77(117)86-19-25-122-29-33-126-37-41-130-82-66(90-49(3)102)74(114)70(110)59(45-98)134-82)92-63(107)14-11-56(93-76(116)51-5-7-52(8-6-51)95-21-15-53(104)16-22-95)79(119)94-55(78(118)87-20-26-123-30-34-127-38-42-131-83-67(91-50(4)103)75(115)71(111)60(46-99)135-83)10-13-62(106)85-18-24-121-28-32-125-36-40-129-81-65(89-48(2)101)73(113)69(109)58(44-97)133-81/h51-60,64-75,80-83,96-99,104,108-115H,5-46H2,1-4H3,(H,84,105)(H,85,106)(H,86,117)(H,87,118)(H,88,100)(H,89,101)(H,90,102)(H,91,103)(H,92,107)(H,93,116)(H,94,119)/t51?,52?,54-,55-,56+,57?,58?,59?,60?,64?,65?,66?,67?,68?,69?,70?,71?,72?,73?,74?,75?,80?,81?,82?,83?/m1/s1. The van der Waals surface area contributed by atoms with Crippen molar-refractivity contribution in [2.24, 2.45) is 5.92 Å². The summed E-state index contributed by atoms with van der Waals surface area (Å²) in [5, 5.41) is 161. The first-order valence-corrected chi connectivity index (χ1v) is 45.9. The number of carbonyl (C=O) groups is 11. The van der Waals surface area contributed by atoms with Crippen LogP contribution in [0.4, 0.5) is 0 Å². The second-order valence-electron chi connectivity index (χ2n) is 33.0. The van der Waals surface area contributed by atoms with Crippen molar-refractivity contribution in [3.8, 4) is 0 Å². The van der Waals surface area contributed by atoms with Crippen LogP contribution in [0, 0.1) is 5.92 Å². The molecule has 0 aromatic carbocycles. The van der Waals surface area contributed by atoms with Crippen molar-refractivity contribution in [2.45, 2.75) is 258 Å². The van der Waals surface area contributed by atoms with E-state index in [1.165, 1.54) is 27.7 Å². The van der Waals surface area contributed by atoms with E-state index in [1.54, 1.807) is 0 Å². The molecule has 6 rings (SSSR count). The monoisotopic (exact) mass is 1950 g/mol. The number of hydrogen-bond acceptors (Lipinski definition) is 41. The van der Waals surface area contributed by atoms with Gasteiger partial charge in [0.1, 0.15) is 116 Å². The molecule has 11 amide bonds. The van der Waals surface area contributed by atoms with E-state index < -0.39 is 257 Å². The molecule has 6 aliphatic rings. The fourth-order valence-electron chi connectivity index (χ4n) is 15.5. The van der Waals surface area contributed by atoms with Crippen molar-refractivity contribution < 1.29 is 195 Å². The maximum absolute atomic E-state index is 14.9. The molecule has 135 heavy (non-hydrogen) atoms. The molecule has 5 aliphatic heterocycles. The van der Waals surface area contributed by atoms with Gasteiger partial charge in [0.05, 0.1) is 165 Å². The first kappa shape index (κ1) is 117. The summed E-state index contributed by atoms with van der Waals surface area (Å²) < 4.78 is 89.8. The van der Waals surface area contributed by atoms with Crippen LogP contribution >= 0.6 is 0 Å². The largest absolute Gasteiger partial charge is 0.394 e. The molecule has 5 heterocycles. The summed E-state index contributed by atoms with van der Waals surface area (Å²) in [6, 6.07) is -8.95. The minimum absolute atomic E-state index is 0.000379. The fraction of sp³-hybridized carbons (Fsp3) is 0.867. The van der Waals surface area contributed by atoms with E-state index in [1.807, 2.05) is 0 Å². The average Bonchev–Trinajstić information content (AvgIpc) is 0.818. The van der Waals surface area contributed by atoms with Gasteiger partial charge in [-0.05, 0) is 57.8 Å². The lowest BCUT2D eigenvalue weighted by Gasteiger charge is -2.42. The Bertz CT molecular complexity index is 3460. The Hall–Kier alpha value is -7.03. The van der Waals surface area contributed by atoms with Gasteiger partial charge < -0.3 is 206 Å². The van der Waals surface area contributed by atoms with Gasteiger partial charge in [0.25, 0.3) is 0 Å². The van der Waals surface area contributed by atoms with Crippen molar-refractivity contribution in [3.05, 3.63) is 0 Å². The number of hydrogen-bond donors (Lipinski definition) is 24. The molecule has 1 aliphatic carbocycles. The number of amides is 11. The number of ether oxygens (including phenoxy) is 16. The molecule has 778 valence electrons. The quantitative estimate of drug-likeness (QED) is 0.0251. The number of nitrogens with one attached hydrogen (secondary N) is 11. The van der Waals surface area contributed by atoms with Crippen LogP contribution in [-0.2, 0) is 129 Å². The Labute approximate surface area is 781 Å². The van der Waals surface area contributed by atoms with Gasteiger partial charge in [-0.25, -0.2) is 0 Å². The second kappa shape index (κ2) is 65.1.